The number of rotatable bonds is 9. The van der Waals surface area contributed by atoms with Crippen LogP contribution in [0.2, 0.25) is 0 Å². The van der Waals surface area contributed by atoms with Crippen molar-refractivity contribution in [3.63, 3.8) is 0 Å². The SMILES string of the molecule is C=CCCCN(C)C(=NCc1cccc(NC(=O)c2ccco2)c1)NCC. The Kier molecular flexibility index (Phi) is 8.16. The molecule has 2 rings (SSSR count). The normalized spacial score (nSPS) is 11.1. The third kappa shape index (κ3) is 6.66. The highest BCUT2D eigenvalue weighted by molar-refractivity contribution is 6.02. The summed E-state index contributed by atoms with van der Waals surface area (Å²) in [5.74, 6) is 0.886. The van der Waals surface area contributed by atoms with Crippen LogP contribution >= 0.6 is 0 Å². The van der Waals surface area contributed by atoms with Crippen LogP contribution in [0.3, 0.4) is 0 Å². The largest absolute Gasteiger partial charge is 0.459 e. The van der Waals surface area contributed by atoms with Crippen molar-refractivity contribution >= 4 is 17.6 Å². The lowest BCUT2D eigenvalue weighted by Crippen LogP contribution is -2.39. The summed E-state index contributed by atoms with van der Waals surface area (Å²) >= 11 is 0. The number of aliphatic imine (C=N–C) groups is 1. The van der Waals surface area contributed by atoms with E-state index in [1.54, 1.807) is 12.1 Å². The van der Waals surface area contributed by atoms with E-state index < -0.39 is 0 Å². The van der Waals surface area contributed by atoms with Gasteiger partial charge in [-0.15, -0.1) is 6.58 Å². The van der Waals surface area contributed by atoms with Gasteiger partial charge in [0, 0.05) is 25.8 Å². The van der Waals surface area contributed by atoms with Crippen molar-refractivity contribution in [2.45, 2.75) is 26.3 Å². The van der Waals surface area contributed by atoms with Crippen molar-refractivity contribution < 1.29 is 9.21 Å². The van der Waals surface area contributed by atoms with E-state index >= 15 is 0 Å². The fourth-order valence-electron chi connectivity index (χ4n) is 2.56. The number of anilines is 1. The van der Waals surface area contributed by atoms with Crippen LogP contribution in [0.1, 0.15) is 35.9 Å². The summed E-state index contributed by atoms with van der Waals surface area (Å²) in [5.41, 5.74) is 1.73. The van der Waals surface area contributed by atoms with Gasteiger partial charge in [-0.2, -0.15) is 0 Å². The molecule has 0 bridgehead atoms. The molecule has 0 atom stereocenters. The molecule has 0 spiro atoms. The second kappa shape index (κ2) is 10.9. The van der Waals surface area contributed by atoms with Gasteiger partial charge in [0.05, 0.1) is 12.8 Å². The van der Waals surface area contributed by atoms with E-state index in [0.717, 1.165) is 37.5 Å². The molecule has 0 aliphatic carbocycles. The van der Waals surface area contributed by atoms with Crippen LogP contribution in [-0.2, 0) is 6.54 Å². The first-order valence-corrected chi connectivity index (χ1v) is 9.18. The molecule has 1 aromatic carbocycles. The van der Waals surface area contributed by atoms with Crippen molar-refractivity contribution in [2.24, 2.45) is 4.99 Å². The van der Waals surface area contributed by atoms with Crippen LogP contribution in [0, 0.1) is 0 Å². The van der Waals surface area contributed by atoms with Crippen LogP contribution in [0.15, 0.2) is 64.7 Å². The van der Waals surface area contributed by atoms with E-state index in [9.17, 15) is 4.79 Å². The summed E-state index contributed by atoms with van der Waals surface area (Å²) in [6, 6.07) is 11.0. The number of hydrogen-bond donors (Lipinski definition) is 2. The monoisotopic (exact) mass is 368 g/mol. The smallest absolute Gasteiger partial charge is 0.291 e. The molecular weight excluding hydrogens is 340 g/mol. The predicted octanol–water partition coefficient (Wildman–Crippen LogP) is 3.90. The minimum Gasteiger partial charge on any atom is -0.459 e. The molecule has 1 aromatic heterocycles. The van der Waals surface area contributed by atoms with Gasteiger partial charge in [-0.05, 0) is 49.6 Å². The third-order valence-electron chi connectivity index (χ3n) is 3.94. The van der Waals surface area contributed by atoms with Crippen LogP contribution in [0.25, 0.3) is 0 Å². The zero-order valence-corrected chi connectivity index (χ0v) is 16.1. The summed E-state index contributed by atoms with van der Waals surface area (Å²) in [5, 5.41) is 6.15. The van der Waals surface area contributed by atoms with Crippen molar-refractivity contribution in [3.8, 4) is 0 Å². The highest BCUT2D eigenvalue weighted by Crippen LogP contribution is 2.13. The molecule has 1 heterocycles. The van der Waals surface area contributed by atoms with Gasteiger partial charge < -0.3 is 20.0 Å². The van der Waals surface area contributed by atoms with Crippen LogP contribution in [0.4, 0.5) is 5.69 Å². The van der Waals surface area contributed by atoms with Gasteiger partial charge in [0.1, 0.15) is 0 Å². The summed E-state index contributed by atoms with van der Waals surface area (Å²) in [6.45, 7) is 8.06. The minimum absolute atomic E-state index is 0.268. The van der Waals surface area contributed by atoms with Gasteiger partial charge >= 0.3 is 0 Å². The Morgan fingerprint density at radius 2 is 2.19 bits per heavy atom. The molecule has 2 N–H and O–H groups in total. The van der Waals surface area contributed by atoms with Crippen molar-refractivity contribution in [1.82, 2.24) is 10.2 Å². The highest BCUT2D eigenvalue weighted by Gasteiger charge is 2.09. The number of carbonyl (C=O) groups is 1. The van der Waals surface area contributed by atoms with Crippen molar-refractivity contribution in [1.29, 1.82) is 0 Å². The molecule has 2 aromatic rings. The van der Waals surface area contributed by atoms with Crippen molar-refractivity contribution in [2.75, 3.05) is 25.5 Å². The summed E-state index contributed by atoms with van der Waals surface area (Å²) in [7, 11) is 2.03. The Labute approximate surface area is 161 Å². The van der Waals surface area contributed by atoms with Crippen molar-refractivity contribution in [3.05, 3.63) is 66.6 Å². The lowest BCUT2D eigenvalue weighted by molar-refractivity contribution is 0.0996. The average molecular weight is 368 g/mol. The van der Waals surface area contributed by atoms with E-state index in [2.05, 4.69) is 29.0 Å². The lowest BCUT2D eigenvalue weighted by Gasteiger charge is -2.21. The van der Waals surface area contributed by atoms with E-state index in [1.807, 2.05) is 37.4 Å². The fourth-order valence-corrected chi connectivity index (χ4v) is 2.56. The second-order valence-corrected chi connectivity index (χ2v) is 6.15. The fraction of sp³-hybridized carbons (Fsp3) is 0.333. The zero-order chi connectivity index (χ0) is 19.5. The molecule has 0 aliphatic heterocycles. The second-order valence-electron chi connectivity index (χ2n) is 6.15. The van der Waals surface area contributed by atoms with E-state index in [1.165, 1.54) is 6.26 Å². The van der Waals surface area contributed by atoms with Gasteiger partial charge in [0.15, 0.2) is 11.7 Å². The Balaban J connectivity index is 2.00. The molecule has 0 unspecified atom stereocenters. The molecule has 1 amide bonds. The molecule has 0 radical (unpaired) electrons. The predicted molar refractivity (Wildman–Crippen MR) is 110 cm³/mol. The maximum atomic E-state index is 12.1. The number of nitrogens with zero attached hydrogens (tertiary/aromatic N) is 2. The number of benzene rings is 1. The number of allylic oxidation sites excluding steroid dienone is 1. The average Bonchev–Trinajstić information content (AvgIpc) is 3.20. The first-order valence-electron chi connectivity index (χ1n) is 9.18. The zero-order valence-electron chi connectivity index (χ0n) is 16.1. The minimum atomic E-state index is -0.268. The van der Waals surface area contributed by atoms with Crippen LogP contribution in [0.5, 0.6) is 0 Å². The standard InChI is InChI=1S/C21H28N4O2/c1-4-6-7-13-25(3)21(22-5-2)23-16-17-10-8-11-18(15-17)24-20(26)19-12-9-14-27-19/h4,8-12,14-15H,1,5-7,13,16H2,2-3H3,(H,22,23)(H,24,26). The Bertz CT molecular complexity index is 753. The molecule has 27 heavy (non-hydrogen) atoms. The number of hydrogen-bond acceptors (Lipinski definition) is 3. The number of guanidine groups is 1. The first kappa shape index (κ1) is 20.3. The Morgan fingerprint density at radius 1 is 1.33 bits per heavy atom. The quantitative estimate of drug-likeness (QED) is 0.305. The summed E-state index contributed by atoms with van der Waals surface area (Å²) < 4.78 is 5.12. The molecule has 0 fully saturated rings. The maximum absolute atomic E-state index is 12.1. The van der Waals surface area contributed by atoms with Gasteiger partial charge in [-0.25, -0.2) is 4.99 Å². The molecule has 144 valence electrons. The highest BCUT2D eigenvalue weighted by atomic mass is 16.3. The van der Waals surface area contributed by atoms with E-state index in [4.69, 9.17) is 9.41 Å². The molecule has 0 saturated heterocycles. The Hall–Kier alpha value is -3.02. The van der Waals surface area contributed by atoms with Gasteiger partial charge in [0.25, 0.3) is 5.91 Å². The van der Waals surface area contributed by atoms with Gasteiger partial charge in [-0.3, -0.25) is 4.79 Å². The molecule has 0 aliphatic rings. The van der Waals surface area contributed by atoms with Gasteiger partial charge in [-0.1, -0.05) is 18.2 Å². The van der Waals surface area contributed by atoms with Gasteiger partial charge in [0.2, 0.25) is 0 Å². The Morgan fingerprint density at radius 3 is 2.89 bits per heavy atom. The number of unbranched alkanes of at least 4 members (excludes halogenated alkanes) is 1. The summed E-state index contributed by atoms with van der Waals surface area (Å²) in [4.78, 5) is 18.9. The van der Waals surface area contributed by atoms with Crippen LogP contribution in [-0.4, -0.2) is 36.9 Å². The topological polar surface area (TPSA) is 69.9 Å². The number of amides is 1. The van der Waals surface area contributed by atoms with E-state index in [-0.39, 0.29) is 11.7 Å². The third-order valence-corrected chi connectivity index (χ3v) is 3.94. The first-order chi connectivity index (χ1) is 13.1. The number of furan rings is 1. The lowest BCUT2D eigenvalue weighted by atomic mass is 10.2. The molecule has 0 saturated carbocycles. The summed E-state index contributed by atoms with van der Waals surface area (Å²) in [6.07, 6.45) is 5.44. The van der Waals surface area contributed by atoms with Crippen LogP contribution < -0.4 is 10.6 Å². The number of carbonyl (C=O) groups excluding carboxylic acids is 1. The molecular formula is C21H28N4O2. The maximum Gasteiger partial charge on any atom is 0.291 e. The van der Waals surface area contributed by atoms with E-state index in [0.29, 0.717) is 12.2 Å². The molecule has 6 heteroatoms. The number of nitrogens with one attached hydrogen (secondary N) is 2. The molecule has 6 nitrogen and oxygen atoms in total.